The SMILES string of the molecule is C[C@H](CN1CCc2ccccc2C1)CN1CCOc2ccc(NC3CCN(C=O)CC3)cc2C1=O. The molecule has 7 heteroatoms. The number of fused-ring (bicyclic) bond motifs is 2. The number of carbonyl (C=O) groups excluding carboxylic acids is 2. The molecule has 1 N–H and O–H groups in total. The number of piperidine rings is 1. The zero-order valence-corrected chi connectivity index (χ0v) is 20.6. The summed E-state index contributed by atoms with van der Waals surface area (Å²) in [6.45, 7) is 8.65. The molecule has 1 atom stereocenters. The van der Waals surface area contributed by atoms with Crippen molar-refractivity contribution in [3.05, 3.63) is 59.2 Å². The Hall–Kier alpha value is -3.06. The molecule has 3 aliphatic heterocycles. The Morgan fingerprint density at radius 2 is 1.86 bits per heavy atom. The Morgan fingerprint density at radius 1 is 1.06 bits per heavy atom. The Morgan fingerprint density at radius 3 is 2.66 bits per heavy atom. The van der Waals surface area contributed by atoms with Crippen molar-refractivity contribution in [2.45, 2.75) is 38.8 Å². The summed E-state index contributed by atoms with van der Waals surface area (Å²) in [6, 6.07) is 14.9. The first-order valence-corrected chi connectivity index (χ1v) is 12.9. The molecule has 2 aromatic rings. The van der Waals surface area contributed by atoms with Crippen LogP contribution < -0.4 is 10.1 Å². The summed E-state index contributed by atoms with van der Waals surface area (Å²) >= 11 is 0. The van der Waals surface area contributed by atoms with E-state index in [0.29, 0.717) is 36.4 Å². The van der Waals surface area contributed by atoms with Crippen LogP contribution in [-0.4, -0.2) is 78.9 Å². The van der Waals surface area contributed by atoms with E-state index >= 15 is 0 Å². The van der Waals surface area contributed by atoms with Crippen LogP contribution in [0.3, 0.4) is 0 Å². The first kappa shape index (κ1) is 23.7. The van der Waals surface area contributed by atoms with Crippen molar-refractivity contribution >= 4 is 18.0 Å². The standard InChI is InChI=1S/C28H36N4O3/c1-21(17-31-11-8-22-4-2-3-5-23(22)19-31)18-32-14-15-35-27-7-6-25(16-26(27)28(32)34)29-24-9-12-30(20-33)13-10-24/h2-7,16,20-21,24,29H,8-15,17-19H2,1H3/t21-/m1/s1. The molecule has 186 valence electrons. The number of ether oxygens (including phenoxy) is 1. The molecular formula is C28H36N4O3. The van der Waals surface area contributed by atoms with Crippen LogP contribution in [0.5, 0.6) is 5.75 Å². The molecule has 2 amide bonds. The van der Waals surface area contributed by atoms with Crippen molar-refractivity contribution in [1.29, 1.82) is 0 Å². The van der Waals surface area contributed by atoms with Crippen molar-refractivity contribution in [2.24, 2.45) is 5.92 Å². The fourth-order valence-electron chi connectivity index (χ4n) is 5.59. The molecule has 0 bridgehead atoms. The molecule has 2 aromatic carbocycles. The van der Waals surface area contributed by atoms with Gasteiger partial charge in [-0.25, -0.2) is 0 Å². The highest BCUT2D eigenvalue weighted by molar-refractivity contribution is 5.98. The Labute approximate surface area is 208 Å². The molecule has 0 aliphatic carbocycles. The summed E-state index contributed by atoms with van der Waals surface area (Å²) in [5.41, 5.74) is 4.46. The van der Waals surface area contributed by atoms with Crippen molar-refractivity contribution in [3.8, 4) is 5.75 Å². The molecule has 1 saturated heterocycles. The van der Waals surface area contributed by atoms with Gasteiger partial charge in [0, 0.05) is 51.0 Å². The molecule has 0 radical (unpaired) electrons. The maximum Gasteiger partial charge on any atom is 0.257 e. The minimum atomic E-state index is 0.0489. The number of hydrogen-bond donors (Lipinski definition) is 1. The monoisotopic (exact) mass is 476 g/mol. The van der Waals surface area contributed by atoms with Gasteiger partial charge >= 0.3 is 0 Å². The van der Waals surface area contributed by atoms with Crippen molar-refractivity contribution < 1.29 is 14.3 Å². The number of hydrogen-bond acceptors (Lipinski definition) is 5. The highest BCUT2D eigenvalue weighted by Crippen LogP contribution is 2.28. The lowest BCUT2D eigenvalue weighted by Crippen LogP contribution is -2.41. The molecule has 0 aromatic heterocycles. The van der Waals surface area contributed by atoms with Gasteiger partial charge in [-0.3, -0.25) is 14.5 Å². The molecule has 3 heterocycles. The highest BCUT2D eigenvalue weighted by atomic mass is 16.5. The van der Waals surface area contributed by atoms with Gasteiger partial charge in [0.05, 0.1) is 12.1 Å². The van der Waals surface area contributed by atoms with Crippen LogP contribution in [0, 0.1) is 5.92 Å². The second-order valence-electron chi connectivity index (χ2n) is 10.2. The molecule has 7 nitrogen and oxygen atoms in total. The fraction of sp³-hybridized carbons (Fsp3) is 0.500. The minimum Gasteiger partial charge on any atom is -0.491 e. The van der Waals surface area contributed by atoms with E-state index < -0.39 is 0 Å². The molecular weight excluding hydrogens is 440 g/mol. The lowest BCUT2D eigenvalue weighted by Gasteiger charge is -2.32. The normalized spacial score (nSPS) is 19.9. The number of carbonyl (C=O) groups is 2. The molecule has 1 fully saturated rings. The predicted octanol–water partition coefficient (Wildman–Crippen LogP) is 3.25. The van der Waals surface area contributed by atoms with Gasteiger partial charge in [0.2, 0.25) is 6.41 Å². The number of nitrogens with one attached hydrogen (secondary N) is 1. The van der Waals surface area contributed by atoms with Crippen molar-refractivity contribution in [1.82, 2.24) is 14.7 Å². The third-order valence-corrected chi connectivity index (χ3v) is 7.48. The maximum atomic E-state index is 13.5. The van der Waals surface area contributed by atoms with Crippen LogP contribution in [0.4, 0.5) is 5.69 Å². The van der Waals surface area contributed by atoms with Crippen LogP contribution in [0.1, 0.15) is 41.3 Å². The summed E-state index contributed by atoms with van der Waals surface area (Å²) in [5, 5.41) is 3.56. The second-order valence-corrected chi connectivity index (χ2v) is 10.2. The first-order valence-electron chi connectivity index (χ1n) is 12.9. The summed E-state index contributed by atoms with van der Waals surface area (Å²) in [4.78, 5) is 30.8. The van der Waals surface area contributed by atoms with Crippen LogP contribution in [0.15, 0.2) is 42.5 Å². The van der Waals surface area contributed by atoms with E-state index in [0.717, 1.165) is 70.6 Å². The second kappa shape index (κ2) is 10.7. The van der Waals surface area contributed by atoms with Gasteiger partial charge in [0.25, 0.3) is 5.91 Å². The third kappa shape index (κ3) is 5.61. The third-order valence-electron chi connectivity index (χ3n) is 7.48. The van der Waals surface area contributed by atoms with Crippen LogP contribution in [0.2, 0.25) is 0 Å². The number of amides is 2. The van der Waals surface area contributed by atoms with Gasteiger partial charge in [-0.15, -0.1) is 0 Å². The van der Waals surface area contributed by atoms with Crippen molar-refractivity contribution in [2.75, 3.05) is 51.2 Å². The number of likely N-dealkylation sites (tertiary alicyclic amines) is 1. The molecule has 35 heavy (non-hydrogen) atoms. The molecule has 0 unspecified atom stereocenters. The molecule has 0 saturated carbocycles. The zero-order chi connectivity index (χ0) is 24.2. The first-order chi connectivity index (χ1) is 17.1. The lowest BCUT2D eigenvalue weighted by atomic mass is 9.99. The number of rotatable bonds is 7. The zero-order valence-electron chi connectivity index (χ0n) is 20.6. The van der Waals surface area contributed by atoms with E-state index in [1.807, 2.05) is 28.0 Å². The van der Waals surface area contributed by atoms with E-state index in [1.54, 1.807) is 0 Å². The average Bonchev–Trinajstić information content (AvgIpc) is 3.03. The Kier molecular flexibility index (Phi) is 7.23. The molecule has 5 rings (SSSR count). The van der Waals surface area contributed by atoms with Gasteiger partial charge < -0.3 is 19.9 Å². The Bertz CT molecular complexity index is 1050. The maximum absolute atomic E-state index is 13.5. The van der Waals surface area contributed by atoms with Gasteiger partial charge in [-0.1, -0.05) is 31.2 Å². The van der Waals surface area contributed by atoms with Crippen LogP contribution in [0.25, 0.3) is 0 Å². The summed E-state index contributed by atoms with van der Waals surface area (Å²) < 4.78 is 5.95. The Balaban J connectivity index is 1.20. The average molecular weight is 477 g/mol. The number of anilines is 1. The van der Waals surface area contributed by atoms with Gasteiger partial charge in [-0.2, -0.15) is 0 Å². The fourth-order valence-corrected chi connectivity index (χ4v) is 5.59. The summed E-state index contributed by atoms with van der Waals surface area (Å²) in [6.07, 6.45) is 3.83. The van der Waals surface area contributed by atoms with E-state index in [2.05, 4.69) is 41.4 Å². The van der Waals surface area contributed by atoms with Crippen LogP contribution >= 0.6 is 0 Å². The topological polar surface area (TPSA) is 65.1 Å². The van der Waals surface area contributed by atoms with E-state index in [4.69, 9.17) is 4.74 Å². The van der Waals surface area contributed by atoms with Crippen LogP contribution in [-0.2, 0) is 17.8 Å². The van der Waals surface area contributed by atoms with E-state index in [9.17, 15) is 9.59 Å². The summed E-state index contributed by atoms with van der Waals surface area (Å²) in [5.74, 6) is 1.09. The molecule has 3 aliphatic rings. The smallest absolute Gasteiger partial charge is 0.257 e. The number of benzene rings is 2. The van der Waals surface area contributed by atoms with E-state index in [1.165, 1.54) is 11.1 Å². The van der Waals surface area contributed by atoms with Gasteiger partial charge in [-0.05, 0) is 54.5 Å². The quantitative estimate of drug-likeness (QED) is 0.622. The highest BCUT2D eigenvalue weighted by Gasteiger charge is 2.27. The van der Waals surface area contributed by atoms with Gasteiger partial charge in [0.15, 0.2) is 0 Å². The van der Waals surface area contributed by atoms with Crippen molar-refractivity contribution in [3.63, 3.8) is 0 Å². The lowest BCUT2D eigenvalue weighted by molar-refractivity contribution is -0.118. The summed E-state index contributed by atoms with van der Waals surface area (Å²) in [7, 11) is 0. The molecule has 0 spiro atoms. The van der Waals surface area contributed by atoms with Gasteiger partial charge in [0.1, 0.15) is 12.4 Å². The van der Waals surface area contributed by atoms with E-state index in [-0.39, 0.29) is 5.91 Å². The minimum absolute atomic E-state index is 0.0489. The predicted molar refractivity (Wildman–Crippen MR) is 137 cm³/mol. The largest absolute Gasteiger partial charge is 0.491 e. The number of nitrogens with zero attached hydrogens (tertiary/aromatic N) is 3.